The van der Waals surface area contributed by atoms with Gasteiger partial charge in [0.2, 0.25) is 11.8 Å². The van der Waals surface area contributed by atoms with Crippen molar-refractivity contribution >= 4 is 11.8 Å². The number of carbonyl (C=O) groups excluding carboxylic acids is 1. The molecule has 0 spiro atoms. The van der Waals surface area contributed by atoms with Crippen molar-refractivity contribution in [2.24, 2.45) is 0 Å². The lowest BCUT2D eigenvalue weighted by atomic mass is 10.1. The molecule has 21 heavy (non-hydrogen) atoms. The third kappa shape index (κ3) is 4.80. The van der Waals surface area contributed by atoms with Gasteiger partial charge in [0.25, 0.3) is 0 Å². The quantitative estimate of drug-likeness (QED) is 0.875. The summed E-state index contributed by atoms with van der Waals surface area (Å²) >= 11 is 0. The predicted octanol–water partition coefficient (Wildman–Crippen LogP) is 1.05. The average molecular weight is 297 g/mol. The third-order valence-electron chi connectivity index (χ3n) is 3.16. The van der Waals surface area contributed by atoms with Gasteiger partial charge >= 0.3 is 0 Å². The zero-order valence-corrected chi connectivity index (χ0v) is 13.0. The number of methoxy groups -OCH3 is 1. The smallest absolute Gasteiger partial charge is 0.240 e. The monoisotopic (exact) mass is 297 g/mol. The first kappa shape index (κ1) is 15.9. The number of carbonyl (C=O) groups is 1. The maximum atomic E-state index is 12.1. The summed E-state index contributed by atoms with van der Waals surface area (Å²) in [5, 5.41) is 6.44. The zero-order chi connectivity index (χ0) is 15.5. The van der Waals surface area contributed by atoms with Crippen LogP contribution in [0.15, 0.2) is 10.6 Å². The molecule has 1 amide bonds. The number of ether oxygens (including phenoxy) is 2. The van der Waals surface area contributed by atoms with Crippen LogP contribution in [0, 0.1) is 6.92 Å². The predicted molar refractivity (Wildman–Crippen MR) is 77.1 cm³/mol. The molecule has 1 fully saturated rings. The Morgan fingerprint density at radius 1 is 1.62 bits per heavy atom. The number of rotatable bonds is 5. The Morgan fingerprint density at radius 2 is 2.38 bits per heavy atom. The van der Waals surface area contributed by atoms with Crippen molar-refractivity contribution in [2.45, 2.75) is 32.5 Å². The first-order valence-corrected chi connectivity index (χ1v) is 7.00. The maximum Gasteiger partial charge on any atom is 0.240 e. The fourth-order valence-corrected chi connectivity index (χ4v) is 2.61. The topological polar surface area (TPSA) is 76.8 Å². The van der Waals surface area contributed by atoms with E-state index in [0.717, 1.165) is 5.69 Å². The Kier molecular flexibility index (Phi) is 4.97. The van der Waals surface area contributed by atoms with Gasteiger partial charge in [0.05, 0.1) is 30.6 Å². The van der Waals surface area contributed by atoms with E-state index in [1.54, 1.807) is 20.1 Å². The van der Waals surface area contributed by atoms with Crippen molar-refractivity contribution in [1.82, 2.24) is 10.1 Å². The molecule has 1 aliphatic heterocycles. The third-order valence-corrected chi connectivity index (χ3v) is 3.16. The minimum Gasteiger partial charge on any atom is -0.382 e. The van der Waals surface area contributed by atoms with Crippen molar-refractivity contribution in [3.8, 4) is 0 Å². The van der Waals surface area contributed by atoms with Crippen LogP contribution in [0.3, 0.4) is 0 Å². The van der Waals surface area contributed by atoms with Crippen molar-refractivity contribution in [1.29, 1.82) is 0 Å². The van der Waals surface area contributed by atoms with E-state index in [1.165, 1.54) is 0 Å². The van der Waals surface area contributed by atoms with E-state index in [4.69, 9.17) is 14.0 Å². The van der Waals surface area contributed by atoms with Crippen LogP contribution in [0.4, 0.5) is 5.88 Å². The number of hydrogen-bond acceptors (Lipinski definition) is 6. The number of anilines is 1. The van der Waals surface area contributed by atoms with Crippen LogP contribution < -0.4 is 5.32 Å². The van der Waals surface area contributed by atoms with Gasteiger partial charge in [-0.1, -0.05) is 5.16 Å². The Balaban J connectivity index is 1.89. The van der Waals surface area contributed by atoms with E-state index in [9.17, 15) is 4.79 Å². The van der Waals surface area contributed by atoms with Gasteiger partial charge in [-0.3, -0.25) is 15.0 Å². The molecule has 0 bridgehead atoms. The molecule has 1 atom stereocenters. The van der Waals surface area contributed by atoms with Crippen molar-refractivity contribution in [2.75, 3.05) is 38.7 Å². The minimum atomic E-state index is -0.301. The lowest BCUT2D eigenvalue weighted by Gasteiger charge is -2.42. The first-order valence-electron chi connectivity index (χ1n) is 7.00. The van der Waals surface area contributed by atoms with E-state index in [1.807, 2.05) is 13.8 Å². The Morgan fingerprint density at radius 3 is 3.00 bits per heavy atom. The molecule has 7 heteroatoms. The summed E-state index contributed by atoms with van der Waals surface area (Å²) in [6.07, 6.45) is -0.0286. The number of aromatic nitrogens is 1. The van der Waals surface area contributed by atoms with Gasteiger partial charge in [-0.25, -0.2) is 0 Å². The second-order valence-electron chi connectivity index (χ2n) is 6.01. The number of aryl methyl sites for hydroxylation is 1. The molecule has 1 aromatic heterocycles. The number of nitrogens with zero attached hydrogens (tertiary/aromatic N) is 2. The molecular weight excluding hydrogens is 274 g/mol. The van der Waals surface area contributed by atoms with Crippen LogP contribution >= 0.6 is 0 Å². The number of amides is 1. The van der Waals surface area contributed by atoms with Crippen LogP contribution in [0.5, 0.6) is 0 Å². The Hall–Kier alpha value is -1.44. The molecule has 0 radical (unpaired) electrons. The Labute approximate surface area is 124 Å². The summed E-state index contributed by atoms with van der Waals surface area (Å²) in [7, 11) is 1.65. The highest BCUT2D eigenvalue weighted by Gasteiger charge is 2.34. The molecular formula is C14H23N3O4. The number of morpholine rings is 1. The van der Waals surface area contributed by atoms with E-state index in [-0.39, 0.29) is 24.2 Å². The van der Waals surface area contributed by atoms with Gasteiger partial charge < -0.3 is 14.0 Å². The Bertz CT molecular complexity index is 486. The molecule has 1 aliphatic rings. The second kappa shape index (κ2) is 6.55. The van der Waals surface area contributed by atoms with E-state index < -0.39 is 0 Å². The van der Waals surface area contributed by atoms with Crippen molar-refractivity contribution in [3.63, 3.8) is 0 Å². The lowest BCUT2D eigenvalue weighted by Crippen LogP contribution is -2.55. The molecule has 1 N–H and O–H groups in total. The van der Waals surface area contributed by atoms with E-state index in [0.29, 0.717) is 25.6 Å². The van der Waals surface area contributed by atoms with Crippen LogP contribution in [-0.2, 0) is 14.3 Å². The van der Waals surface area contributed by atoms with Crippen LogP contribution in [-0.4, -0.2) is 61.0 Å². The highest BCUT2D eigenvalue weighted by molar-refractivity contribution is 5.90. The van der Waals surface area contributed by atoms with Crippen LogP contribution in [0.25, 0.3) is 0 Å². The van der Waals surface area contributed by atoms with Gasteiger partial charge in [0.1, 0.15) is 0 Å². The molecule has 118 valence electrons. The van der Waals surface area contributed by atoms with Gasteiger partial charge in [-0.05, 0) is 20.8 Å². The van der Waals surface area contributed by atoms with E-state index >= 15 is 0 Å². The molecule has 1 unspecified atom stereocenters. The van der Waals surface area contributed by atoms with Gasteiger partial charge in [-0.2, -0.15) is 0 Å². The first-order chi connectivity index (χ1) is 9.88. The fourth-order valence-electron chi connectivity index (χ4n) is 2.61. The minimum absolute atomic E-state index is 0.0286. The van der Waals surface area contributed by atoms with E-state index in [2.05, 4.69) is 15.4 Å². The standard InChI is InChI=1S/C14H23N3O4/c1-10-5-13(21-16-10)15-12(18)7-17-6-11(8-19-4)20-14(2,3)9-17/h5,11H,6-9H2,1-4H3,(H,15,18). The normalized spacial score (nSPS) is 22.2. The van der Waals surface area contributed by atoms with Gasteiger partial charge in [0.15, 0.2) is 0 Å². The largest absolute Gasteiger partial charge is 0.382 e. The highest BCUT2D eigenvalue weighted by atomic mass is 16.5. The lowest BCUT2D eigenvalue weighted by molar-refractivity contribution is -0.154. The van der Waals surface area contributed by atoms with Crippen molar-refractivity contribution in [3.05, 3.63) is 11.8 Å². The SMILES string of the molecule is COCC1CN(CC(=O)Nc2cc(C)no2)CC(C)(C)O1. The molecule has 0 aliphatic carbocycles. The van der Waals surface area contributed by atoms with Gasteiger partial charge in [0, 0.05) is 26.3 Å². The summed E-state index contributed by atoms with van der Waals surface area (Å²) in [4.78, 5) is 14.1. The molecule has 0 aromatic carbocycles. The summed E-state index contributed by atoms with van der Waals surface area (Å²) in [5.41, 5.74) is 0.433. The molecule has 2 rings (SSSR count). The second-order valence-corrected chi connectivity index (χ2v) is 6.01. The fraction of sp³-hybridized carbons (Fsp3) is 0.714. The van der Waals surface area contributed by atoms with Crippen molar-refractivity contribution < 1.29 is 18.8 Å². The molecule has 0 saturated carbocycles. The number of hydrogen-bond donors (Lipinski definition) is 1. The average Bonchev–Trinajstić information content (AvgIpc) is 2.72. The highest BCUT2D eigenvalue weighted by Crippen LogP contribution is 2.21. The zero-order valence-electron chi connectivity index (χ0n) is 13.0. The van der Waals surface area contributed by atoms with Crippen LogP contribution in [0.1, 0.15) is 19.5 Å². The summed E-state index contributed by atoms with van der Waals surface area (Å²) in [6, 6.07) is 1.69. The molecule has 1 aromatic rings. The number of nitrogens with one attached hydrogen (secondary N) is 1. The van der Waals surface area contributed by atoms with Crippen LogP contribution in [0.2, 0.25) is 0 Å². The van der Waals surface area contributed by atoms with Gasteiger partial charge in [-0.15, -0.1) is 0 Å². The molecule has 1 saturated heterocycles. The maximum absolute atomic E-state index is 12.1. The molecule has 7 nitrogen and oxygen atoms in total. The summed E-state index contributed by atoms with van der Waals surface area (Å²) in [6.45, 7) is 7.99. The molecule has 2 heterocycles. The summed E-state index contributed by atoms with van der Waals surface area (Å²) in [5.74, 6) is 0.249. The summed E-state index contributed by atoms with van der Waals surface area (Å²) < 4.78 is 16.1.